The SMILES string of the molecule is CC1(C)CCCCC1c1nnc(CN)s1. The van der Waals surface area contributed by atoms with E-state index < -0.39 is 0 Å². The molecular weight excluding hydrogens is 206 g/mol. The molecule has 1 atom stereocenters. The van der Waals surface area contributed by atoms with Gasteiger partial charge in [-0.3, -0.25) is 0 Å². The van der Waals surface area contributed by atoms with Crippen molar-refractivity contribution in [3.63, 3.8) is 0 Å². The van der Waals surface area contributed by atoms with Gasteiger partial charge < -0.3 is 5.73 Å². The van der Waals surface area contributed by atoms with Crippen molar-refractivity contribution in [1.82, 2.24) is 10.2 Å². The molecule has 1 saturated carbocycles. The summed E-state index contributed by atoms with van der Waals surface area (Å²) < 4.78 is 0. The first-order chi connectivity index (χ1) is 7.13. The quantitative estimate of drug-likeness (QED) is 0.842. The number of rotatable bonds is 2. The van der Waals surface area contributed by atoms with Gasteiger partial charge in [0, 0.05) is 12.5 Å². The second-order valence-corrected chi connectivity index (χ2v) is 6.12. The molecule has 0 amide bonds. The van der Waals surface area contributed by atoms with Gasteiger partial charge in [-0.2, -0.15) is 0 Å². The Hall–Kier alpha value is -0.480. The first-order valence-corrected chi connectivity index (χ1v) is 6.47. The lowest BCUT2D eigenvalue weighted by atomic mass is 9.69. The van der Waals surface area contributed by atoms with Crippen LogP contribution in [0, 0.1) is 5.41 Å². The summed E-state index contributed by atoms with van der Waals surface area (Å²) in [6.45, 7) is 5.21. The highest BCUT2D eigenvalue weighted by Crippen LogP contribution is 2.47. The van der Waals surface area contributed by atoms with E-state index in [9.17, 15) is 0 Å². The first-order valence-electron chi connectivity index (χ1n) is 5.66. The summed E-state index contributed by atoms with van der Waals surface area (Å²) in [6.07, 6.45) is 5.24. The van der Waals surface area contributed by atoms with Crippen LogP contribution in [0.5, 0.6) is 0 Å². The highest BCUT2D eigenvalue weighted by molar-refractivity contribution is 7.11. The van der Waals surface area contributed by atoms with E-state index in [1.807, 2.05) is 0 Å². The molecule has 15 heavy (non-hydrogen) atoms. The highest BCUT2D eigenvalue weighted by Gasteiger charge is 2.35. The van der Waals surface area contributed by atoms with Gasteiger partial charge in [0.1, 0.15) is 10.0 Å². The topological polar surface area (TPSA) is 51.8 Å². The Morgan fingerprint density at radius 3 is 2.80 bits per heavy atom. The van der Waals surface area contributed by atoms with E-state index in [2.05, 4.69) is 24.0 Å². The average molecular weight is 225 g/mol. The molecule has 84 valence electrons. The normalized spacial score (nSPS) is 25.4. The van der Waals surface area contributed by atoms with E-state index in [0.29, 0.717) is 17.9 Å². The number of nitrogens with two attached hydrogens (primary N) is 1. The molecule has 1 aliphatic rings. The van der Waals surface area contributed by atoms with E-state index in [4.69, 9.17) is 5.73 Å². The van der Waals surface area contributed by atoms with Crippen molar-refractivity contribution in [2.45, 2.75) is 52.0 Å². The lowest BCUT2D eigenvalue weighted by Gasteiger charge is -2.37. The smallest absolute Gasteiger partial charge is 0.131 e. The van der Waals surface area contributed by atoms with Crippen LogP contribution in [0.3, 0.4) is 0 Å². The van der Waals surface area contributed by atoms with E-state index in [1.165, 1.54) is 30.7 Å². The molecule has 1 aromatic heterocycles. The van der Waals surface area contributed by atoms with Crippen molar-refractivity contribution in [3.05, 3.63) is 10.0 Å². The van der Waals surface area contributed by atoms with Crippen LogP contribution in [0.4, 0.5) is 0 Å². The molecule has 0 aromatic carbocycles. The molecule has 2 rings (SSSR count). The van der Waals surface area contributed by atoms with Crippen molar-refractivity contribution in [1.29, 1.82) is 0 Å². The standard InChI is InChI=1S/C11H19N3S/c1-11(2)6-4-3-5-8(11)10-14-13-9(7-12)15-10/h8H,3-7,12H2,1-2H3. The molecule has 0 radical (unpaired) electrons. The molecule has 0 bridgehead atoms. The Balaban J connectivity index is 2.21. The third kappa shape index (κ3) is 2.21. The maximum absolute atomic E-state index is 5.57. The zero-order chi connectivity index (χ0) is 10.9. The van der Waals surface area contributed by atoms with Gasteiger partial charge in [0.15, 0.2) is 0 Å². The summed E-state index contributed by atoms with van der Waals surface area (Å²) in [7, 11) is 0. The zero-order valence-electron chi connectivity index (χ0n) is 9.49. The summed E-state index contributed by atoms with van der Waals surface area (Å²) in [5.74, 6) is 0.587. The number of hydrogen-bond acceptors (Lipinski definition) is 4. The Morgan fingerprint density at radius 2 is 2.20 bits per heavy atom. The number of nitrogens with zero attached hydrogens (tertiary/aromatic N) is 2. The van der Waals surface area contributed by atoms with Crippen LogP contribution in [0.25, 0.3) is 0 Å². The van der Waals surface area contributed by atoms with Crippen LogP contribution < -0.4 is 5.73 Å². The van der Waals surface area contributed by atoms with Gasteiger partial charge in [-0.25, -0.2) is 0 Å². The first kappa shape index (κ1) is 11.0. The van der Waals surface area contributed by atoms with Crippen LogP contribution >= 0.6 is 11.3 Å². The van der Waals surface area contributed by atoms with E-state index >= 15 is 0 Å². The van der Waals surface area contributed by atoms with Gasteiger partial charge in [0.2, 0.25) is 0 Å². The minimum absolute atomic E-state index is 0.379. The molecule has 0 aliphatic heterocycles. The van der Waals surface area contributed by atoms with E-state index in [1.54, 1.807) is 11.3 Å². The van der Waals surface area contributed by atoms with Gasteiger partial charge in [-0.15, -0.1) is 10.2 Å². The Morgan fingerprint density at radius 1 is 1.40 bits per heavy atom. The minimum atomic E-state index is 0.379. The fraction of sp³-hybridized carbons (Fsp3) is 0.818. The van der Waals surface area contributed by atoms with Gasteiger partial charge in [0.05, 0.1) is 0 Å². The third-order valence-corrected chi connectivity index (χ3v) is 4.52. The van der Waals surface area contributed by atoms with Crippen LogP contribution in [0.15, 0.2) is 0 Å². The molecule has 0 saturated heterocycles. The largest absolute Gasteiger partial charge is 0.324 e. The van der Waals surface area contributed by atoms with Crippen LogP contribution in [-0.2, 0) is 6.54 Å². The molecule has 1 aromatic rings. The maximum atomic E-state index is 5.57. The lowest BCUT2D eigenvalue weighted by Crippen LogP contribution is -2.25. The summed E-state index contributed by atoms with van der Waals surface area (Å²) >= 11 is 1.69. The van der Waals surface area contributed by atoms with Crippen LogP contribution in [0.2, 0.25) is 0 Å². The zero-order valence-corrected chi connectivity index (χ0v) is 10.3. The monoisotopic (exact) mass is 225 g/mol. The van der Waals surface area contributed by atoms with Crippen molar-refractivity contribution in [2.24, 2.45) is 11.1 Å². The van der Waals surface area contributed by atoms with Crippen molar-refractivity contribution < 1.29 is 0 Å². The molecule has 1 heterocycles. The van der Waals surface area contributed by atoms with Crippen LogP contribution in [0.1, 0.15) is 55.5 Å². The number of hydrogen-bond donors (Lipinski definition) is 1. The summed E-state index contributed by atoms with van der Waals surface area (Å²) in [6, 6.07) is 0. The summed E-state index contributed by atoms with van der Waals surface area (Å²) in [5.41, 5.74) is 5.95. The van der Waals surface area contributed by atoms with Gasteiger partial charge in [0.25, 0.3) is 0 Å². The van der Waals surface area contributed by atoms with Gasteiger partial charge in [-0.1, -0.05) is 38.0 Å². The van der Waals surface area contributed by atoms with Crippen molar-refractivity contribution in [2.75, 3.05) is 0 Å². The Labute approximate surface area is 95.1 Å². The molecule has 1 unspecified atom stereocenters. The predicted octanol–water partition coefficient (Wildman–Crippen LogP) is 2.68. The maximum Gasteiger partial charge on any atom is 0.131 e. The fourth-order valence-electron chi connectivity index (χ4n) is 2.44. The molecule has 4 heteroatoms. The minimum Gasteiger partial charge on any atom is -0.324 e. The van der Waals surface area contributed by atoms with Gasteiger partial charge in [-0.05, 0) is 18.3 Å². The highest BCUT2D eigenvalue weighted by atomic mass is 32.1. The molecular formula is C11H19N3S. The average Bonchev–Trinajstić information content (AvgIpc) is 2.65. The molecule has 2 N–H and O–H groups in total. The van der Waals surface area contributed by atoms with Crippen molar-refractivity contribution >= 4 is 11.3 Å². The Kier molecular flexibility index (Phi) is 3.07. The Bertz CT molecular complexity index is 332. The third-order valence-electron chi connectivity index (χ3n) is 3.46. The van der Waals surface area contributed by atoms with E-state index in [0.717, 1.165) is 5.01 Å². The predicted molar refractivity (Wildman–Crippen MR) is 62.8 cm³/mol. The molecule has 1 aliphatic carbocycles. The molecule has 1 fully saturated rings. The van der Waals surface area contributed by atoms with Crippen LogP contribution in [-0.4, -0.2) is 10.2 Å². The van der Waals surface area contributed by atoms with Gasteiger partial charge >= 0.3 is 0 Å². The fourth-order valence-corrected chi connectivity index (χ4v) is 3.51. The summed E-state index contributed by atoms with van der Waals surface area (Å²) in [5, 5.41) is 10.6. The number of aromatic nitrogens is 2. The molecule has 0 spiro atoms. The second-order valence-electron chi connectivity index (χ2n) is 5.03. The summed E-state index contributed by atoms with van der Waals surface area (Å²) in [4.78, 5) is 0. The van der Waals surface area contributed by atoms with E-state index in [-0.39, 0.29) is 0 Å². The lowest BCUT2D eigenvalue weighted by molar-refractivity contribution is 0.198. The second kappa shape index (κ2) is 4.18. The molecule has 3 nitrogen and oxygen atoms in total. The van der Waals surface area contributed by atoms with Crippen molar-refractivity contribution in [3.8, 4) is 0 Å².